The lowest BCUT2D eigenvalue weighted by Crippen LogP contribution is -2.25. The standard InChI is InChI=1S/C10H18O3/c1-4-5-6-8-9(7-11)13-10(2,3)12-8/h4-5,8-9,11H,6-7H2,1-3H3/b5-4+/t8-,9+/m0/s1. The Bertz CT molecular complexity index is 187. The zero-order valence-electron chi connectivity index (χ0n) is 8.49. The van der Waals surface area contributed by atoms with Gasteiger partial charge in [-0.3, -0.25) is 0 Å². The molecule has 2 atom stereocenters. The summed E-state index contributed by atoms with van der Waals surface area (Å²) in [7, 11) is 0. The summed E-state index contributed by atoms with van der Waals surface area (Å²) in [5.41, 5.74) is 0. The summed E-state index contributed by atoms with van der Waals surface area (Å²) < 4.78 is 11.1. The number of hydrogen-bond donors (Lipinski definition) is 1. The number of aliphatic hydroxyl groups is 1. The maximum absolute atomic E-state index is 9.04. The van der Waals surface area contributed by atoms with Crippen molar-refractivity contribution in [3.8, 4) is 0 Å². The van der Waals surface area contributed by atoms with Crippen molar-refractivity contribution >= 4 is 0 Å². The molecule has 1 aliphatic heterocycles. The predicted molar refractivity (Wildman–Crippen MR) is 50.3 cm³/mol. The largest absolute Gasteiger partial charge is 0.394 e. The fraction of sp³-hybridized carbons (Fsp3) is 0.800. The second-order valence-corrected chi connectivity index (χ2v) is 3.70. The van der Waals surface area contributed by atoms with Crippen molar-refractivity contribution < 1.29 is 14.6 Å². The lowest BCUT2D eigenvalue weighted by Gasteiger charge is -2.16. The molecule has 1 fully saturated rings. The second-order valence-electron chi connectivity index (χ2n) is 3.70. The van der Waals surface area contributed by atoms with E-state index in [4.69, 9.17) is 14.6 Å². The lowest BCUT2D eigenvalue weighted by molar-refractivity contribution is -0.148. The third kappa shape index (κ3) is 2.79. The van der Waals surface area contributed by atoms with Gasteiger partial charge in [-0.2, -0.15) is 0 Å². The summed E-state index contributed by atoms with van der Waals surface area (Å²) >= 11 is 0. The van der Waals surface area contributed by atoms with Gasteiger partial charge in [0.15, 0.2) is 5.79 Å². The predicted octanol–water partition coefficient (Wildman–Crippen LogP) is 1.47. The molecular formula is C10H18O3. The average molecular weight is 186 g/mol. The van der Waals surface area contributed by atoms with Crippen LogP contribution in [0, 0.1) is 0 Å². The Labute approximate surface area is 79.3 Å². The summed E-state index contributed by atoms with van der Waals surface area (Å²) in [6.07, 6.45) is 4.59. The Kier molecular flexibility index (Phi) is 3.47. The van der Waals surface area contributed by atoms with E-state index in [1.807, 2.05) is 32.9 Å². The molecule has 76 valence electrons. The molecule has 0 aromatic heterocycles. The number of hydrogen-bond acceptors (Lipinski definition) is 3. The van der Waals surface area contributed by atoms with E-state index in [2.05, 4.69) is 0 Å². The van der Waals surface area contributed by atoms with E-state index < -0.39 is 5.79 Å². The zero-order valence-corrected chi connectivity index (χ0v) is 8.49. The van der Waals surface area contributed by atoms with Crippen LogP contribution < -0.4 is 0 Å². The van der Waals surface area contributed by atoms with Crippen LogP contribution in [0.4, 0.5) is 0 Å². The van der Waals surface area contributed by atoms with Crippen LogP contribution in [0.25, 0.3) is 0 Å². The monoisotopic (exact) mass is 186 g/mol. The molecule has 1 aliphatic rings. The van der Waals surface area contributed by atoms with Crippen LogP contribution in [-0.4, -0.2) is 29.7 Å². The van der Waals surface area contributed by atoms with Gasteiger partial charge >= 0.3 is 0 Å². The highest BCUT2D eigenvalue weighted by Gasteiger charge is 2.39. The van der Waals surface area contributed by atoms with Gasteiger partial charge in [0, 0.05) is 0 Å². The Hall–Kier alpha value is -0.380. The van der Waals surface area contributed by atoms with Crippen molar-refractivity contribution in [3.05, 3.63) is 12.2 Å². The number of ether oxygens (including phenoxy) is 2. The normalized spacial score (nSPS) is 32.9. The highest BCUT2D eigenvalue weighted by Crippen LogP contribution is 2.29. The topological polar surface area (TPSA) is 38.7 Å². The van der Waals surface area contributed by atoms with Gasteiger partial charge in [0.25, 0.3) is 0 Å². The van der Waals surface area contributed by atoms with Crippen LogP contribution in [0.1, 0.15) is 27.2 Å². The first-order valence-electron chi connectivity index (χ1n) is 4.66. The minimum Gasteiger partial charge on any atom is -0.394 e. The first-order chi connectivity index (χ1) is 6.09. The number of allylic oxidation sites excluding steroid dienone is 1. The summed E-state index contributed by atoms with van der Waals surface area (Å²) in [5, 5.41) is 9.04. The van der Waals surface area contributed by atoms with Crippen molar-refractivity contribution in [2.75, 3.05) is 6.61 Å². The smallest absolute Gasteiger partial charge is 0.163 e. The third-order valence-corrected chi connectivity index (χ3v) is 2.07. The molecule has 0 aromatic carbocycles. The first kappa shape index (κ1) is 10.7. The Morgan fingerprint density at radius 2 is 1.92 bits per heavy atom. The van der Waals surface area contributed by atoms with E-state index in [1.165, 1.54) is 0 Å². The molecule has 0 bridgehead atoms. The van der Waals surface area contributed by atoms with Gasteiger partial charge in [0.05, 0.1) is 12.7 Å². The summed E-state index contributed by atoms with van der Waals surface area (Å²) in [4.78, 5) is 0. The minimum absolute atomic E-state index is 0.0174. The molecule has 13 heavy (non-hydrogen) atoms. The van der Waals surface area contributed by atoms with Gasteiger partial charge in [-0.25, -0.2) is 0 Å². The van der Waals surface area contributed by atoms with E-state index >= 15 is 0 Å². The highest BCUT2D eigenvalue weighted by molar-refractivity contribution is 4.88. The first-order valence-corrected chi connectivity index (χ1v) is 4.66. The van der Waals surface area contributed by atoms with Gasteiger partial charge < -0.3 is 14.6 Å². The van der Waals surface area contributed by atoms with Gasteiger partial charge in [0.1, 0.15) is 6.10 Å². The molecule has 0 spiro atoms. The van der Waals surface area contributed by atoms with Crippen LogP contribution in [0.3, 0.4) is 0 Å². The minimum atomic E-state index is -0.556. The lowest BCUT2D eigenvalue weighted by atomic mass is 10.1. The Morgan fingerprint density at radius 3 is 2.46 bits per heavy atom. The summed E-state index contributed by atoms with van der Waals surface area (Å²) in [5.74, 6) is -0.556. The van der Waals surface area contributed by atoms with Gasteiger partial charge in [-0.05, 0) is 27.2 Å². The van der Waals surface area contributed by atoms with Gasteiger partial charge in [0.2, 0.25) is 0 Å². The Balaban J connectivity index is 2.53. The highest BCUT2D eigenvalue weighted by atomic mass is 16.8. The molecule has 0 radical (unpaired) electrons. The molecule has 0 aliphatic carbocycles. The van der Waals surface area contributed by atoms with Crippen LogP contribution in [-0.2, 0) is 9.47 Å². The number of aliphatic hydroxyl groups excluding tert-OH is 1. The molecule has 1 rings (SSSR count). The van der Waals surface area contributed by atoms with Crippen LogP contribution in [0.2, 0.25) is 0 Å². The summed E-state index contributed by atoms with van der Waals surface area (Å²) in [6, 6.07) is 0. The molecular weight excluding hydrogens is 168 g/mol. The van der Waals surface area contributed by atoms with E-state index in [9.17, 15) is 0 Å². The molecule has 1 saturated heterocycles. The molecule has 0 aromatic rings. The van der Waals surface area contributed by atoms with E-state index in [0.717, 1.165) is 6.42 Å². The molecule has 1 N–H and O–H groups in total. The molecule has 0 amide bonds. The van der Waals surface area contributed by atoms with Gasteiger partial charge in [-0.15, -0.1) is 0 Å². The summed E-state index contributed by atoms with van der Waals surface area (Å²) in [6.45, 7) is 5.72. The van der Waals surface area contributed by atoms with Crippen LogP contribution in [0.5, 0.6) is 0 Å². The molecule has 1 heterocycles. The zero-order chi connectivity index (χ0) is 9.90. The fourth-order valence-corrected chi connectivity index (χ4v) is 1.53. The van der Waals surface area contributed by atoms with Crippen molar-refractivity contribution in [1.29, 1.82) is 0 Å². The maximum Gasteiger partial charge on any atom is 0.163 e. The van der Waals surface area contributed by atoms with Crippen molar-refractivity contribution in [1.82, 2.24) is 0 Å². The van der Waals surface area contributed by atoms with Gasteiger partial charge in [-0.1, -0.05) is 12.2 Å². The fourth-order valence-electron chi connectivity index (χ4n) is 1.53. The van der Waals surface area contributed by atoms with Crippen molar-refractivity contribution in [2.45, 2.75) is 45.2 Å². The Morgan fingerprint density at radius 1 is 1.31 bits per heavy atom. The molecule has 0 saturated carbocycles. The van der Waals surface area contributed by atoms with E-state index in [-0.39, 0.29) is 18.8 Å². The number of rotatable bonds is 3. The third-order valence-electron chi connectivity index (χ3n) is 2.07. The van der Waals surface area contributed by atoms with E-state index in [0.29, 0.717) is 0 Å². The molecule has 0 unspecified atom stereocenters. The van der Waals surface area contributed by atoms with E-state index in [1.54, 1.807) is 0 Å². The second kappa shape index (κ2) is 4.22. The van der Waals surface area contributed by atoms with Crippen LogP contribution in [0.15, 0.2) is 12.2 Å². The quantitative estimate of drug-likeness (QED) is 0.678. The SMILES string of the molecule is C/C=C/C[C@@H]1OC(C)(C)O[C@@H]1CO. The molecule has 3 nitrogen and oxygen atoms in total. The molecule has 3 heteroatoms. The maximum atomic E-state index is 9.04. The van der Waals surface area contributed by atoms with Crippen molar-refractivity contribution in [3.63, 3.8) is 0 Å². The van der Waals surface area contributed by atoms with Crippen molar-refractivity contribution in [2.24, 2.45) is 0 Å². The van der Waals surface area contributed by atoms with Crippen LogP contribution >= 0.6 is 0 Å². The average Bonchev–Trinajstić information content (AvgIpc) is 2.37.